The molecule has 112 valence electrons. The van der Waals surface area contributed by atoms with E-state index in [2.05, 4.69) is 31.0 Å². The van der Waals surface area contributed by atoms with Gasteiger partial charge in [-0.3, -0.25) is 0 Å². The predicted octanol–water partition coefficient (Wildman–Crippen LogP) is 1.52. The first-order valence-electron chi connectivity index (χ1n) is 6.21. The van der Waals surface area contributed by atoms with E-state index in [-0.39, 0.29) is 18.1 Å². The molecule has 0 aliphatic carbocycles. The van der Waals surface area contributed by atoms with E-state index in [1.54, 1.807) is 6.07 Å². The normalized spacial score (nSPS) is 10.7. The van der Waals surface area contributed by atoms with Crippen LogP contribution >= 0.6 is 15.9 Å². The summed E-state index contributed by atoms with van der Waals surface area (Å²) in [5.41, 5.74) is 6.96. The van der Waals surface area contributed by atoms with E-state index < -0.39 is 5.97 Å². The van der Waals surface area contributed by atoms with Crippen LogP contribution in [0.3, 0.4) is 0 Å². The van der Waals surface area contributed by atoms with Crippen LogP contribution in [0.2, 0.25) is 0 Å². The molecular weight excluding hydrogens is 343 g/mol. The molecule has 8 heteroatoms. The number of carbonyl (C=O) groups excluding carboxylic acids is 1. The smallest absolute Gasteiger partial charge is 0.360 e. The molecule has 0 aliphatic heterocycles. The van der Waals surface area contributed by atoms with Crippen molar-refractivity contribution >= 4 is 21.9 Å². The van der Waals surface area contributed by atoms with Crippen molar-refractivity contribution in [3.63, 3.8) is 0 Å². The van der Waals surface area contributed by atoms with Gasteiger partial charge in [0.25, 0.3) is 0 Å². The minimum absolute atomic E-state index is 0.137. The van der Waals surface area contributed by atoms with Gasteiger partial charge in [0, 0.05) is 10.9 Å². The van der Waals surface area contributed by atoms with Crippen LogP contribution in [0.4, 0.5) is 4.39 Å². The summed E-state index contributed by atoms with van der Waals surface area (Å²) in [6.07, 6.45) is 0.425. The van der Waals surface area contributed by atoms with Crippen LogP contribution in [0.25, 0.3) is 0 Å². The number of methoxy groups -OCH3 is 1. The van der Waals surface area contributed by atoms with Gasteiger partial charge in [-0.05, 0) is 30.3 Å². The summed E-state index contributed by atoms with van der Waals surface area (Å²) < 4.78 is 20.2. The number of benzene rings is 1. The third kappa shape index (κ3) is 3.64. The zero-order valence-corrected chi connectivity index (χ0v) is 12.9. The van der Waals surface area contributed by atoms with E-state index in [1.165, 1.54) is 23.9 Å². The van der Waals surface area contributed by atoms with E-state index in [0.29, 0.717) is 28.7 Å². The van der Waals surface area contributed by atoms with Gasteiger partial charge in [0.2, 0.25) is 0 Å². The highest BCUT2D eigenvalue weighted by molar-refractivity contribution is 9.10. The molecular formula is C13H14BrFN4O2. The van der Waals surface area contributed by atoms with E-state index >= 15 is 0 Å². The Hall–Kier alpha value is -1.80. The summed E-state index contributed by atoms with van der Waals surface area (Å²) in [6, 6.07) is 4.54. The maximum Gasteiger partial charge on any atom is 0.360 e. The van der Waals surface area contributed by atoms with E-state index in [4.69, 9.17) is 5.73 Å². The molecule has 2 N–H and O–H groups in total. The van der Waals surface area contributed by atoms with Crippen LogP contribution in [-0.4, -0.2) is 34.6 Å². The van der Waals surface area contributed by atoms with E-state index in [0.717, 1.165) is 0 Å². The molecule has 1 aromatic carbocycles. The highest BCUT2D eigenvalue weighted by Gasteiger charge is 2.19. The summed E-state index contributed by atoms with van der Waals surface area (Å²) >= 11 is 3.24. The van der Waals surface area contributed by atoms with Crippen LogP contribution in [0.1, 0.15) is 21.7 Å². The molecule has 6 nitrogen and oxygen atoms in total. The van der Waals surface area contributed by atoms with Crippen molar-refractivity contribution in [2.45, 2.75) is 13.0 Å². The van der Waals surface area contributed by atoms with Crippen molar-refractivity contribution in [3.05, 3.63) is 45.4 Å². The standard InChI is InChI=1S/C13H14BrFN4O2/c1-21-13(20)12-11(2-3-16)19(18-17-12)7-8-4-9(14)6-10(15)5-8/h4-6H,2-3,7,16H2,1H3. The van der Waals surface area contributed by atoms with Crippen LogP contribution in [0, 0.1) is 5.82 Å². The second kappa shape index (κ2) is 6.77. The van der Waals surface area contributed by atoms with Crippen molar-refractivity contribution in [2.75, 3.05) is 13.7 Å². The molecule has 2 aromatic rings. The van der Waals surface area contributed by atoms with Crippen LogP contribution < -0.4 is 5.73 Å². The molecule has 0 saturated carbocycles. The van der Waals surface area contributed by atoms with Crippen molar-refractivity contribution < 1.29 is 13.9 Å². The number of aromatic nitrogens is 3. The lowest BCUT2D eigenvalue weighted by Gasteiger charge is -2.07. The van der Waals surface area contributed by atoms with Gasteiger partial charge in [-0.1, -0.05) is 21.1 Å². The lowest BCUT2D eigenvalue weighted by Crippen LogP contribution is -2.15. The van der Waals surface area contributed by atoms with E-state index in [1.807, 2.05) is 0 Å². The predicted molar refractivity (Wildman–Crippen MR) is 77.3 cm³/mol. The number of nitrogens with two attached hydrogens (primary N) is 1. The van der Waals surface area contributed by atoms with Crippen molar-refractivity contribution in [3.8, 4) is 0 Å². The summed E-state index contributed by atoms with van der Waals surface area (Å²) in [4.78, 5) is 11.6. The monoisotopic (exact) mass is 356 g/mol. The number of ether oxygens (including phenoxy) is 1. The second-order valence-corrected chi connectivity index (χ2v) is 5.27. The number of carbonyl (C=O) groups is 1. The van der Waals surface area contributed by atoms with Crippen molar-refractivity contribution in [1.82, 2.24) is 15.0 Å². The number of rotatable bonds is 5. The first-order chi connectivity index (χ1) is 10.0. The minimum atomic E-state index is -0.565. The fourth-order valence-corrected chi connectivity index (χ4v) is 2.49. The Labute approximate surface area is 129 Å². The zero-order chi connectivity index (χ0) is 15.4. The third-order valence-electron chi connectivity index (χ3n) is 2.85. The molecule has 0 amide bonds. The molecule has 0 fully saturated rings. The number of halogens is 2. The average Bonchev–Trinajstić information content (AvgIpc) is 2.80. The summed E-state index contributed by atoms with van der Waals surface area (Å²) in [5, 5.41) is 7.75. The molecule has 0 atom stereocenters. The Morgan fingerprint density at radius 3 is 2.86 bits per heavy atom. The Morgan fingerprint density at radius 2 is 2.24 bits per heavy atom. The fraction of sp³-hybridized carbons (Fsp3) is 0.308. The molecule has 0 aliphatic rings. The Kier molecular flexibility index (Phi) is 5.03. The summed E-state index contributed by atoms with van der Waals surface area (Å²) in [7, 11) is 1.28. The lowest BCUT2D eigenvalue weighted by atomic mass is 10.2. The molecule has 0 unspecified atom stereocenters. The maximum atomic E-state index is 13.4. The largest absolute Gasteiger partial charge is 0.464 e. The second-order valence-electron chi connectivity index (χ2n) is 4.35. The third-order valence-corrected chi connectivity index (χ3v) is 3.31. The minimum Gasteiger partial charge on any atom is -0.464 e. The van der Waals surface area contributed by atoms with E-state index in [9.17, 15) is 9.18 Å². The van der Waals surface area contributed by atoms with Gasteiger partial charge in [-0.2, -0.15) is 0 Å². The Bertz CT molecular complexity index is 639. The van der Waals surface area contributed by atoms with Gasteiger partial charge < -0.3 is 10.5 Å². The molecule has 0 spiro atoms. The molecule has 21 heavy (non-hydrogen) atoms. The molecule has 1 aromatic heterocycles. The molecule has 0 bridgehead atoms. The Balaban J connectivity index is 2.35. The lowest BCUT2D eigenvalue weighted by molar-refractivity contribution is 0.0592. The first kappa shape index (κ1) is 15.6. The first-order valence-corrected chi connectivity index (χ1v) is 7.00. The number of hydrogen-bond donors (Lipinski definition) is 1. The average molecular weight is 357 g/mol. The van der Waals surface area contributed by atoms with Gasteiger partial charge in [0.1, 0.15) is 5.82 Å². The summed E-state index contributed by atoms with van der Waals surface area (Å²) in [6.45, 7) is 0.625. The van der Waals surface area contributed by atoms with Crippen LogP contribution in [0.5, 0.6) is 0 Å². The molecule has 1 heterocycles. The topological polar surface area (TPSA) is 83.0 Å². The Morgan fingerprint density at radius 1 is 1.48 bits per heavy atom. The van der Waals surface area contributed by atoms with Gasteiger partial charge in [0.05, 0.1) is 19.3 Å². The zero-order valence-electron chi connectivity index (χ0n) is 11.3. The van der Waals surface area contributed by atoms with Gasteiger partial charge in [-0.15, -0.1) is 5.10 Å². The fourth-order valence-electron chi connectivity index (χ4n) is 1.97. The highest BCUT2D eigenvalue weighted by Crippen LogP contribution is 2.17. The molecule has 0 radical (unpaired) electrons. The summed E-state index contributed by atoms with van der Waals surface area (Å²) in [5.74, 6) is -0.918. The number of hydrogen-bond acceptors (Lipinski definition) is 5. The van der Waals surface area contributed by atoms with Crippen LogP contribution in [-0.2, 0) is 17.7 Å². The SMILES string of the molecule is COC(=O)c1nnn(Cc2cc(F)cc(Br)c2)c1CCN. The molecule has 2 rings (SSSR count). The van der Waals surface area contributed by atoms with Crippen LogP contribution in [0.15, 0.2) is 22.7 Å². The van der Waals surface area contributed by atoms with Crippen molar-refractivity contribution in [2.24, 2.45) is 5.73 Å². The molecule has 0 saturated heterocycles. The number of nitrogens with zero attached hydrogens (tertiary/aromatic N) is 3. The maximum absolute atomic E-state index is 13.4. The van der Waals surface area contributed by atoms with Gasteiger partial charge in [0.15, 0.2) is 5.69 Å². The van der Waals surface area contributed by atoms with Gasteiger partial charge in [-0.25, -0.2) is 13.9 Å². The van der Waals surface area contributed by atoms with Crippen molar-refractivity contribution in [1.29, 1.82) is 0 Å². The quantitative estimate of drug-likeness (QED) is 0.821. The number of esters is 1. The highest BCUT2D eigenvalue weighted by atomic mass is 79.9. The van der Waals surface area contributed by atoms with Gasteiger partial charge >= 0.3 is 5.97 Å².